The SMILES string of the molecule is NC(=O)c1cc(NC(=O)c2ccc(NS(=O)(=O)c3ccc(F)c(F)c3)cc2)ccc1Cl. The van der Waals surface area contributed by atoms with E-state index in [1.54, 1.807) is 0 Å². The molecule has 11 heteroatoms. The number of rotatable bonds is 6. The molecule has 0 aliphatic carbocycles. The number of halogens is 3. The molecule has 0 radical (unpaired) electrons. The molecule has 7 nitrogen and oxygen atoms in total. The molecular formula is C20H14ClF2N3O4S. The fourth-order valence-electron chi connectivity index (χ4n) is 2.54. The van der Waals surface area contributed by atoms with Crippen molar-refractivity contribution in [2.75, 3.05) is 10.0 Å². The first-order valence-electron chi connectivity index (χ1n) is 8.55. The Morgan fingerprint density at radius 3 is 2.13 bits per heavy atom. The third kappa shape index (κ3) is 5.16. The van der Waals surface area contributed by atoms with E-state index in [9.17, 15) is 26.8 Å². The molecular weight excluding hydrogens is 452 g/mol. The van der Waals surface area contributed by atoms with Crippen LogP contribution < -0.4 is 15.8 Å². The van der Waals surface area contributed by atoms with Gasteiger partial charge in [0, 0.05) is 16.9 Å². The van der Waals surface area contributed by atoms with Crippen molar-refractivity contribution in [1.29, 1.82) is 0 Å². The van der Waals surface area contributed by atoms with Gasteiger partial charge in [-0.25, -0.2) is 17.2 Å². The van der Waals surface area contributed by atoms with E-state index in [-0.39, 0.29) is 27.5 Å². The molecule has 0 aliphatic heterocycles. The molecule has 0 atom stereocenters. The Bertz CT molecular complexity index is 1280. The lowest BCUT2D eigenvalue weighted by molar-refractivity contribution is 0.0996. The monoisotopic (exact) mass is 465 g/mol. The van der Waals surface area contributed by atoms with Gasteiger partial charge in [-0.1, -0.05) is 11.6 Å². The van der Waals surface area contributed by atoms with Crippen LogP contribution in [0.5, 0.6) is 0 Å². The predicted molar refractivity (Wildman–Crippen MR) is 112 cm³/mol. The Hall–Kier alpha value is -3.50. The molecule has 0 aliphatic rings. The maximum absolute atomic E-state index is 13.3. The first-order valence-corrected chi connectivity index (χ1v) is 10.4. The molecule has 0 bridgehead atoms. The van der Waals surface area contributed by atoms with E-state index >= 15 is 0 Å². The summed E-state index contributed by atoms with van der Waals surface area (Å²) in [6.45, 7) is 0. The fraction of sp³-hybridized carbons (Fsp3) is 0. The van der Waals surface area contributed by atoms with Crippen LogP contribution in [0.4, 0.5) is 20.2 Å². The van der Waals surface area contributed by atoms with Crippen molar-refractivity contribution < 1.29 is 26.8 Å². The van der Waals surface area contributed by atoms with Gasteiger partial charge in [-0.05, 0) is 60.7 Å². The Balaban J connectivity index is 1.74. The molecule has 3 rings (SSSR count). The van der Waals surface area contributed by atoms with Gasteiger partial charge in [0.25, 0.3) is 15.9 Å². The Morgan fingerprint density at radius 1 is 0.871 bits per heavy atom. The van der Waals surface area contributed by atoms with Gasteiger partial charge in [0.2, 0.25) is 5.91 Å². The summed E-state index contributed by atoms with van der Waals surface area (Å²) >= 11 is 5.87. The average Bonchev–Trinajstić information content (AvgIpc) is 2.71. The van der Waals surface area contributed by atoms with Crippen molar-refractivity contribution in [1.82, 2.24) is 0 Å². The zero-order valence-electron chi connectivity index (χ0n) is 15.5. The molecule has 31 heavy (non-hydrogen) atoms. The summed E-state index contributed by atoms with van der Waals surface area (Å²) in [7, 11) is -4.16. The van der Waals surface area contributed by atoms with Gasteiger partial charge in [-0.2, -0.15) is 0 Å². The Morgan fingerprint density at radius 2 is 1.52 bits per heavy atom. The number of nitrogens with two attached hydrogens (primary N) is 1. The van der Waals surface area contributed by atoms with E-state index in [2.05, 4.69) is 10.0 Å². The molecule has 160 valence electrons. The van der Waals surface area contributed by atoms with E-state index in [0.717, 1.165) is 6.07 Å². The van der Waals surface area contributed by atoms with E-state index in [1.165, 1.54) is 42.5 Å². The Kier molecular flexibility index (Phi) is 6.23. The predicted octanol–water partition coefficient (Wildman–Crippen LogP) is 3.77. The van der Waals surface area contributed by atoms with Gasteiger partial charge in [0.15, 0.2) is 11.6 Å². The van der Waals surface area contributed by atoms with Gasteiger partial charge in [0.1, 0.15) is 0 Å². The van der Waals surface area contributed by atoms with E-state index in [4.69, 9.17) is 17.3 Å². The van der Waals surface area contributed by atoms with Crippen molar-refractivity contribution in [2.45, 2.75) is 4.90 Å². The first kappa shape index (κ1) is 22.2. The number of hydrogen-bond donors (Lipinski definition) is 3. The van der Waals surface area contributed by atoms with Crippen molar-refractivity contribution in [3.05, 3.63) is 88.4 Å². The van der Waals surface area contributed by atoms with Crippen LogP contribution in [0.15, 0.2) is 65.6 Å². The third-order valence-electron chi connectivity index (χ3n) is 4.09. The largest absolute Gasteiger partial charge is 0.366 e. The number of anilines is 2. The molecule has 0 saturated carbocycles. The molecule has 0 unspecified atom stereocenters. The molecule has 0 spiro atoms. The number of carbonyl (C=O) groups excluding carboxylic acids is 2. The van der Waals surface area contributed by atoms with Crippen LogP contribution in [-0.2, 0) is 10.0 Å². The third-order valence-corrected chi connectivity index (χ3v) is 5.80. The quantitative estimate of drug-likeness (QED) is 0.513. The Labute approximate surface area is 180 Å². The number of amides is 2. The highest BCUT2D eigenvalue weighted by atomic mass is 35.5. The van der Waals surface area contributed by atoms with Crippen molar-refractivity contribution in [3.63, 3.8) is 0 Å². The molecule has 0 saturated heterocycles. The topological polar surface area (TPSA) is 118 Å². The highest BCUT2D eigenvalue weighted by molar-refractivity contribution is 7.92. The second kappa shape index (κ2) is 8.70. The van der Waals surface area contributed by atoms with Gasteiger partial charge in [0.05, 0.1) is 15.5 Å². The molecule has 0 aromatic heterocycles. The van der Waals surface area contributed by atoms with Gasteiger partial charge < -0.3 is 11.1 Å². The number of carbonyl (C=O) groups is 2. The molecule has 0 heterocycles. The summed E-state index contributed by atoms with van der Waals surface area (Å²) in [5, 5.41) is 2.71. The van der Waals surface area contributed by atoms with Crippen molar-refractivity contribution in [3.8, 4) is 0 Å². The summed E-state index contributed by atoms with van der Waals surface area (Å²) in [6, 6.07) is 11.8. The molecule has 3 aromatic rings. The van der Waals surface area contributed by atoms with Crippen LogP contribution in [-0.4, -0.2) is 20.2 Å². The first-order chi connectivity index (χ1) is 14.6. The normalized spacial score (nSPS) is 11.1. The summed E-state index contributed by atoms with van der Waals surface area (Å²) in [4.78, 5) is 23.3. The molecule has 3 aromatic carbocycles. The number of benzene rings is 3. The van der Waals surface area contributed by atoms with Crippen LogP contribution >= 0.6 is 11.6 Å². The van der Waals surface area contributed by atoms with E-state index in [1.807, 2.05) is 0 Å². The van der Waals surface area contributed by atoms with Gasteiger partial charge in [-0.3, -0.25) is 14.3 Å². The average molecular weight is 466 g/mol. The molecule has 2 amide bonds. The summed E-state index contributed by atoms with van der Waals surface area (Å²) in [6.07, 6.45) is 0. The summed E-state index contributed by atoms with van der Waals surface area (Å²) in [5.41, 5.74) is 5.83. The zero-order chi connectivity index (χ0) is 22.8. The zero-order valence-corrected chi connectivity index (χ0v) is 17.1. The maximum atomic E-state index is 13.3. The smallest absolute Gasteiger partial charge is 0.261 e. The van der Waals surface area contributed by atoms with Crippen LogP contribution in [0.1, 0.15) is 20.7 Å². The number of primary amides is 1. The lowest BCUT2D eigenvalue weighted by atomic mass is 10.1. The lowest BCUT2D eigenvalue weighted by Gasteiger charge is -2.10. The van der Waals surface area contributed by atoms with Crippen molar-refractivity contribution >= 4 is 44.8 Å². The lowest BCUT2D eigenvalue weighted by Crippen LogP contribution is -2.15. The molecule has 4 N–H and O–H groups in total. The summed E-state index contributed by atoms with van der Waals surface area (Å²) < 4.78 is 53.2. The van der Waals surface area contributed by atoms with Crippen LogP contribution in [0.3, 0.4) is 0 Å². The number of hydrogen-bond acceptors (Lipinski definition) is 4. The van der Waals surface area contributed by atoms with E-state index in [0.29, 0.717) is 12.1 Å². The fourth-order valence-corrected chi connectivity index (χ4v) is 3.82. The van der Waals surface area contributed by atoms with Crippen LogP contribution in [0.25, 0.3) is 0 Å². The highest BCUT2D eigenvalue weighted by Crippen LogP contribution is 2.22. The maximum Gasteiger partial charge on any atom is 0.261 e. The van der Waals surface area contributed by atoms with Gasteiger partial charge in [-0.15, -0.1) is 0 Å². The second-order valence-corrected chi connectivity index (χ2v) is 8.36. The highest BCUT2D eigenvalue weighted by Gasteiger charge is 2.17. The van der Waals surface area contributed by atoms with Crippen LogP contribution in [0, 0.1) is 11.6 Å². The minimum absolute atomic E-state index is 0.0430. The number of nitrogens with one attached hydrogen (secondary N) is 2. The minimum atomic E-state index is -4.16. The van der Waals surface area contributed by atoms with Crippen LogP contribution in [0.2, 0.25) is 5.02 Å². The van der Waals surface area contributed by atoms with Gasteiger partial charge >= 0.3 is 0 Å². The standard InChI is InChI=1S/C20H14ClF2N3O4S/c21-16-7-5-13(9-15(16)19(24)27)25-20(28)11-1-3-12(4-2-11)26-31(29,30)14-6-8-17(22)18(23)10-14/h1-10,26H,(H2,24,27)(H,25,28). The molecule has 0 fully saturated rings. The minimum Gasteiger partial charge on any atom is -0.366 e. The summed E-state index contributed by atoms with van der Waals surface area (Å²) in [5.74, 6) is -3.75. The van der Waals surface area contributed by atoms with Crippen molar-refractivity contribution in [2.24, 2.45) is 5.73 Å². The number of sulfonamides is 1. The second-order valence-electron chi connectivity index (χ2n) is 6.27. The van der Waals surface area contributed by atoms with E-state index < -0.39 is 38.4 Å².